The monoisotopic (exact) mass is 345 g/mol. The van der Waals surface area contributed by atoms with Gasteiger partial charge in [0.25, 0.3) is 0 Å². The van der Waals surface area contributed by atoms with Crippen LogP contribution in [0.4, 0.5) is 5.69 Å². The summed E-state index contributed by atoms with van der Waals surface area (Å²) in [7, 11) is 1.82. The van der Waals surface area contributed by atoms with Crippen molar-refractivity contribution in [2.45, 2.75) is 13.5 Å². The number of phenolic OH excluding ortho intramolecular Hbond substituents is 1. The number of aromatic nitrogens is 1. The molecule has 1 fully saturated rings. The Morgan fingerprint density at radius 2 is 2.04 bits per heavy atom. The third-order valence-corrected chi connectivity index (χ3v) is 5.20. The summed E-state index contributed by atoms with van der Waals surface area (Å²) in [5, 5.41) is 13.4. The maximum Gasteiger partial charge on any atom is 0.194 e. The van der Waals surface area contributed by atoms with Crippen LogP contribution in [-0.4, -0.2) is 54.2 Å². The molecule has 0 saturated carbocycles. The van der Waals surface area contributed by atoms with Gasteiger partial charge in [-0.05, 0) is 19.1 Å². The number of phenols is 1. The number of hydrogen-bond acceptors (Lipinski definition) is 5. The van der Waals surface area contributed by atoms with Crippen LogP contribution in [-0.2, 0) is 6.54 Å². The second-order valence-corrected chi connectivity index (χ2v) is 6.66. The fraction of sp³-hybridized carbons (Fsp3) is 0.412. The molecular formula is C17H23N5OS. The number of piperazine rings is 1. The number of rotatable bonds is 3. The first-order valence-corrected chi connectivity index (χ1v) is 8.94. The van der Waals surface area contributed by atoms with E-state index in [1.807, 2.05) is 37.7 Å². The van der Waals surface area contributed by atoms with Crippen molar-refractivity contribution in [2.24, 2.45) is 4.99 Å². The molecule has 1 aliphatic heterocycles. The Kier molecular flexibility index (Phi) is 5.20. The third-order valence-electron chi connectivity index (χ3n) is 4.27. The van der Waals surface area contributed by atoms with E-state index >= 15 is 0 Å². The molecule has 2 aromatic rings. The molecule has 1 aromatic carbocycles. The van der Waals surface area contributed by atoms with Crippen molar-refractivity contribution in [3.63, 3.8) is 0 Å². The first-order chi connectivity index (χ1) is 11.7. The zero-order valence-electron chi connectivity index (χ0n) is 14.1. The Morgan fingerprint density at radius 1 is 1.29 bits per heavy atom. The number of thiazole rings is 1. The van der Waals surface area contributed by atoms with E-state index < -0.39 is 0 Å². The number of nitrogens with one attached hydrogen (secondary N) is 1. The molecule has 2 N–H and O–H groups in total. The quantitative estimate of drug-likeness (QED) is 0.658. The second kappa shape index (κ2) is 7.53. The first kappa shape index (κ1) is 16.6. The summed E-state index contributed by atoms with van der Waals surface area (Å²) in [4.78, 5) is 14.4. The van der Waals surface area contributed by atoms with Gasteiger partial charge in [0.15, 0.2) is 5.96 Å². The van der Waals surface area contributed by atoms with Crippen LogP contribution in [0.3, 0.4) is 0 Å². The minimum Gasteiger partial charge on any atom is -0.506 e. The molecule has 0 atom stereocenters. The summed E-state index contributed by atoms with van der Waals surface area (Å²) in [6, 6.07) is 7.51. The summed E-state index contributed by atoms with van der Waals surface area (Å²) in [6.07, 6.45) is 0. The minimum absolute atomic E-state index is 0.342. The molecule has 2 heterocycles. The molecule has 0 bridgehead atoms. The Balaban J connectivity index is 1.57. The maximum atomic E-state index is 10.0. The van der Waals surface area contributed by atoms with E-state index in [9.17, 15) is 5.11 Å². The van der Waals surface area contributed by atoms with E-state index in [0.29, 0.717) is 5.75 Å². The fourth-order valence-corrected chi connectivity index (χ4v) is 3.60. The van der Waals surface area contributed by atoms with Crippen LogP contribution in [0.2, 0.25) is 0 Å². The molecular weight excluding hydrogens is 322 g/mol. The van der Waals surface area contributed by atoms with Crippen molar-refractivity contribution in [2.75, 3.05) is 38.1 Å². The molecule has 1 aromatic heterocycles. The van der Waals surface area contributed by atoms with Gasteiger partial charge in [-0.1, -0.05) is 12.1 Å². The summed E-state index contributed by atoms with van der Waals surface area (Å²) in [6.45, 7) is 6.24. The lowest BCUT2D eigenvalue weighted by molar-refractivity contribution is 0.370. The second-order valence-electron chi connectivity index (χ2n) is 5.72. The Morgan fingerprint density at radius 3 is 2.67 bits per heavy atom. The van der Waals surface area contributed by atoms with E-state index in [1.165, 1.54) is 4.88 Å². The Labute approximate surface area is 146 Å². The van der Waals surface area contributed by atoms with E-state index in [2.05, 4.69) is 25.1 Å². The van der Waals surface area contributed by atoms with Crippen molar-refractivity contribution in [1.29, 1.82) is 0 Å². The van der Waals surface area contributed by atoms with Gasteiger partial charge in [-0.25, -0.2) is 4.98 Å². The maximum absolute atomic E-state index is 10.0. The molecule has 128 valence electrons. The van der Waals surface area contributed by atoms with E-state index in [-0.39, 0.29) is 0 Å². The summed E-state index contributed by atoms with van der Waals surface area (Å²) in [5.41, 5.74) is 3.85. The van der Waals surface area contributed by atoms with Crippen molar-refractivity contribution in [3.8, 4) is 5.75 Å². The molecule has 0 radical (unpaired) electrons. The standard InChI is InChI=1S/C17H23N5OS/c1-13-16(24-12-20-13)11-19-17(18-2)22-9-7-21(8-10-22)14-5-3-4-6-15(14)23/h3-6,12,23H,7-11H2,1-2H3,(H,18,19). The van der Waals surface area contributed by atoms with E-state index in [0.717, 1.165) is 50.1 Å². The zero-order chi connectivity index (χ0) is 16.9. The molecule has 1 aliphatic rings. The number of para-hydroxylation sites is 2. The van der Waals surface area contributed by atoms with Crippen LogP contribution in [0.1, 0.15) is 10.6 Å². The lowest BCUT2D eigenvalue weighted by atomic mass is 10.2. The highest BCUT2D eigenvalue weighted by Gasteiger charge is 2.21. The van der Waals surface area contributed by atoms with Crippen molar-refractivity contribution in [1.82, 2.24) is 15.2 Å². The minimum atomic E-state index is 0.342. The lowest BCUT2D eigenvalue weighted by Gasteiger charge is -2.37. The van der Waals surface area contributed by atoms with E-state index in [4.69, 9.17) is 0 Å². The summed E-state index contributed by atoms with van der Waals surface area (Å²) < 4.78 is 0. The van der Waals surface area contributed by atoms with Gasteiger partial charge in [-0.2, -0.15) is 0 Å². The summed E-state index contributed by atoms with van der Waals surface area (Å²) >= 11 is 1.66. The molecule has 0 aliphatic carbocycles. The summed E-state index contributed by atoms with van der Waals surface area (Å²) in [5.74, 6) is 1.26. The topological polar surface area (TPSA) is 64.0 Å². The molecule has 24 heavy (non-hydrogen) atoms. The predicted octanol–water partition coefficient (Wildman–Crippen LogP) is 2.05. The largest absolute Gasteiger partial charge is 0.506 e. The number of nitrogens with zero attached hydrogens (tertiary/aromatic N) is 4. The van der Waals surface area contributed by atoms with Gasteiger partial charge < -0.3 is 20.2 Å². The van der Waals surface area contributed by atoms with Crippen LogP contribution in [0.25, 0.3) is 0 Å². The number of guanidine groups is 1. The number of hydrogen-bond donors (Lipinski definition) is 2. The Hall–Kier alpha value is -2.28. The smallest absolute Gasteiger partial charge is 0.194 e. The van der Waals surface area contributed by atoms with Gasteiger partial charge in [0, 0.05) is 38.1 Å². The molecule has 0 spiro atoms. The number of benzene rings is 1. The third kappa shape index (κ3) is 3.62. The number of aryl methyl sites for hydroxylation is 1. The molecule has 6 nitrogen and oxygen atoms in total. The van der Waals surface area contributed by atoms with Crippen LogP contribution < -0.4 is 10.2 Å². The van der Waals surface area contributed by atoms with Crippen LogP contribution in [0.15, 0.2) is 34.8 Å². The number of anilines is 1. The fourth-order valence-electron chi connectivity index (χ4n) is 2.88. The van der Waals surface area contributed by atoms with Gasteiger partial charge in [0.2, 0.25) is 0 Å². The van der Waals surface area contributed by atoms with Crippen molar-refractivity contribution < 1.29 is 5.11 Å². The van der Waals surface area contributed by atoms with Gasteiger partial charge >= 0.3 is 0 Å². The molecule has 0 amide bonds. The van der Waals surface area contributed by atoms with Gasteiger partial charge in [0.1, 0.15) is 5.75 Å². The average Bonchev–Trinajstić information content (AvgIpc) is 3.02. The molecule has 1 saturated heterocycles. The van der Waals surface area contributed by atoms with Crippen LogP contribution >= 0.6 is 11.3 Å². The highest BCUT2D eigenvalue weighted by Crippen LogP contribution is 2.27. The van der Waals surface area contributed by atoms with Gasteiger partial charge in [0.05, 0.1) is 23.4 Å². The van der Waals surface area contributed by atoms with Gasteiger partial charge in [-0.3, -0.25) is 4.99 Å². The number of aromatic hydroxyl groups is 1. The normalized spacial score (nSPS) is 15.7. The van der Waals surface area contributed by atoms with Gasteiger partial charge in [-0.15, -0.1) is 11.3 Å². The SMILES string of the molecule is CN=C(NCc1scnc1C)N1CCN(c2ccccc2O)CC1. The van der Waals surface area contributed by atoms with Crippen LogP contribution in [0, 0.1) is 6.92 Å². The lowest BCUT2D eigenvalue weighted by Crippen LogP contribution is -2.52. The zero-order valence-corrected chi connectivity index (χ0v) is 14.9. The predicted molar refractivity (Wildman–Crippen MR) is 98.9 cm³/mol. The average molecular weight is 345 g/mol. The van der Waals surface area contributed by atoms with Crippen molar-refractivity contribution >= 4 is 23.0 Å². The molecule has 3 rings (SSSR count). The highest BCUT2D eigenvalue weighted by molar-refractivity contribution is 7.09. The van der Waals surface area contributed by atoms with E-state index in [1.54, 1.807) is 17.4 Å². The van der Waals surface area contributed by atoms with Crippen molar-refractivity contribution in [3.05, 3.63) is 40.3 Å². The first-order valence-electron chi connectivity index (χ1n) is 8.06. The molecule has 0 unspecified atom stereocenters. The highest BCUT2D eigenvalue weighted by atomic mass is 32.1. The van der Waals surface area contributed by atoms with Crippen LogP contribution in [0.5, 0.6) is 5.75 Å². The Bertz CT molecular complexity index is 707. The molecule has 7 heteroatoms. The number of aliphatic imine (C=N–C) groups is 1.